The summed E-state index contributed by atoms with van der Waals surface area (Å²) in [6, 6.07) is 11.1. The minimum absolute atomic E-state index is 0.0249. The van der Waals surface area contributed by atoms with E-state index in [1.54, 1.807) is 24.3 Å². The van der Waals surface area contributed by atoms with E-state index in [0.717, 1.165) is 5.56 Å². The fourth-order valence-electron chi connectivity index (χ4n) is 3.14. The standard InChI is InChI=1S/C21H18ClFN4O4/c22-13-3-1-12(2-4-13)11-16(25-20(30)24-15-7-5-14(23)6-8-15)17-26-18(31-27-17)21(9-10-21)19(28)29/h1-8,16H,9-11H2,(H,28,29)(H2,24,25,30)/t16-/m0/s1. The lowest BCUT2D eigenvalue weighted by Gasteiger charge is -2.16. The van der Waals surface area contributed by atoms with Gasteiger partial charge in [-0.25, -0.2) is 9.18 Å². The monoisotopic (exact) mass is 444 g/mol. The molecule has 3 aromatic rings. The highest BCUT2D eigenvalue weighted by atomic mass is 35.5. The van der Waals surface area contributed by atoms with Crippen molar-refractivity contribution in [2.24, 2.45) is 0 Å². The van der Waals surface area contributed by atoms with Crippen molar-refractivity contribution in [3.05, 3.63) is 76.6 Å². The van der Waals surface area contributed by atoms with Gasteiger partial charge in [0.25, 0.3) is 0 Å². The van der Waals surface area contributed by atoms with Gasteiger partial charge in [0.2, 0.25) is 5.89 Å². The van der Waals surface area contributed by atoms with Gasteiger partial charge in [-0.2, -0.15) is 4.98 Å². The molecule has 8 nitrogen and oxygen atoms in total. The number of hydrogen-bond donors (Lipinski definition) is 3. The number of carbonyl (C=O) groups is 2. The molecule has 0 unspecified atom stereocenters. The van der Waals surface area contributed by atoms with E-state index in [0.29, 0.717) is 30.0 Å². The number of urea groups is 1. The second-order valence-corrected chi connectivity index (χ2v) is 7.77. The van der Waals surface area contributed by atoms with E-state index in [-0.39, 0.29) is 11.7 Å². The van der Waals surface area contributed by atoms with Crippen molar-refractivity contribution in [3.8, 4) is 0 Å². The Morgan fingerprint density at radius 2 is 1.84 bits per heavy atom. The number of hydrogen-bond acceptors (Lipinski definition) is 5. The zero-order chi connectivity index (χ0) is 22.0. The Morgan fingerprint density at radius 1 is 1.16 bits per heavy atom. The maximum absolute atomic E-state index is 13.1. The summed E-state index contributed by atoms with van der Waals surface area (Å²) >= 11 is 5.94. The van der Waals surface area contributed by atoms with Gasteiger partial charge in [0.15, 0.2) is 5.82 Å². The molecule has 1 fully saturated rings. The van der Waals surface area contributed by atoms with Crippen molar-refractivity contribution in [2.45, 2.75) is 30.7 Å². The predicted molar refractivity (Wildman–Crippen MR) is 109 cm³/mol. The molecule has 4 rings (SSSR count). The third kappa shape index (κ3) is 4.66. The molecule has 0 spiro atoms. The van der Waals surface area contributed by atoms with Crippen LogP contribution >= 0.6 is 11.6 Å². The van der Waals surface area contributed by atoms with Gasteiger partial charge < -0.3 is 20.3 Å². The summed E-state index contributed by atoms with van der Waals surface area (Å²) in [5.74, 6) is -1.25. The molecule has 1 aliphatic rings. The lowest BCUT2D eigenvalue weighted by molar-refractivity contribution is -0.140. The average molecular weight is 445 g/mol. The predicted octanol–water partition coefficient (Wildman–Crippen LogP) is 4.08. The Labute approximate surface area is 181 Å². The van der Waals surface area contributed by atoms with Crippen molar-refractivity contribution < 1.29 is 23.6 Å². The lowest BCUT2D eigenvalue weighted by Crippen LogP contribution is -2.34. The van der Waals surface area contributed by atoms with E-state index in [9.17, 15) is 19.1 Å². The molecule has 1 aliphatic carbocycles. The zero-order valence-corrected chi connectivity index (χ0v) is 16.9. The van der Waals surface area contributed by atoms with E-state index in [4.69, 9.17) is 16.1 Å². The molecule has 1 heterocycles. The van der Waals surface area contributed by atoms with Crippen LogP contribution in [-0.4, -0.2) is 27.2 Å². The van der Waals surface area contributed by atoms with Crippen LogP contribution in [0.2, 0.25) is 5.02 Å². The number of carboxylic acids is 1. The van der Waals surface area contributed by atoms with Crippen LogP contribution in [0, 0.1) is 5.82 Å². The number of aliphatic carboxylic acids is 1. The molecule has 1 aromatic heterocycles. The second-order valence-electron chi connectivity index (χ2n) is 7.33. The van der Waals surface area contributed by atoms with E-state index < -0.39 is 29.3 Å². The maximum Gasteiger partial charge on any atom is 0.319 e. The van der Waals surface area contributed by atoms with Crippen molar-refractivity contribution >= 4 is 29.3 Å². The average Bonchev–Trinajstić information content (AvgIpc) is 3.41. The van der Waals surface area contributed by atoms with Gasteiger partial charge in [-0.3, -0.25) is 4.79 Å². The smallest absolute Gasteiger partial charge is 0.319 e. The fourth-order valence-corrected chi connectivity index (χ4v) is 3.26. The van der Waals surface area contributed by atoms with Crippen LogP contribution in [0.3, 0.4) is 0 Å². The van der Waals surface area contributed by atoms with E-state index in [1.165, 1.54) is 24.3 Å². The van der Waals surface area contributed by atoms with Crippen LogP contribution in [0.1, 0.15) is 36.2 Å². The van der Waals surface area contributed by atoms with Crippen LogP contribution in [0.5, 0.6) is 0 Å². The Morgan fingerprint density at radius 3 is 2.45 bits per heavy atom. The molecule has 160 valence electrons. The molecule has 3 N–H and O–H groups in total. The molecular formula is C21H18ClFN4O4. The Balaban J connectivity index is 1.55. The largest absolute Gasteiger partial charge is 0.480 e. The number of benzene rings is 2. The SMILES string of the molecule is O=C(Nc1ccc(F)cc1)N[C@@H](Cc1ccc(Cl)cc1)c1noc(C2(C(=O)O)CC2)n1. The quantitative estimate of drug-likeness (QED) is 0.505. The summed E-state index contributed by atoms with van der Waals surface area (Å²) in [5.41, 5.74) is 0.106. The number of nitrogens with zero attached hydrogens (tertiary/aromatic N) is 2. The Bertz CT molecular complexity index is 1100. The Hall–Kier alpha value is -3.46. The van der Waals surface area contributed by atoms with Crippen LogP contribution in [0.25, 0.3) is 0 Å². The summed E-state index contributed by atoms with van der Waals surface area (Å²) in [7, 11) is 0. The number of halogens is 2. The van der Waals surface area contributed by atoms with Crippen LogP contribution in [0.15, 0.2) is 53.1 Å². The molecular weight excluding hydrogens is 427 g/mol. The van der Waals surface area contributed by atoms with Crippen molar-refractivity contribution in [1.29, 1.82) is 0 Å². The van der Waals surface area contributed by atoms with Crippen molar-refractivity contribution in [3.63, 3.8) is 0 Å². The van der Waals surface area contributed by atoms with Gasteiger partial charge in [-0.05, 0) is 54.8 Å². The van der Waals surface area contributed by atoms with Crippen LogP contribution < -0.4 is 10.6 Å². The van der Waals surface area contributed by atoms with Gasteiger partial charge in [-0.15, -0.1) is 0 Å². The van der Waals surface area contributed by atoms with Gasteiger partial charge in [0, 0.05) is 17.1 Å². The molecule has 1 saturated carbocycles. The molecule has 1 atom stereocenters. The summed E-state index contributed by atoms with van der Waals surface area (Å²) in [6.07, 6.45) is 1.15. The summed E-state index contributed by atoms with van der Waals surface area (Å²) in [6.45, 7) is 0. The summed E-state index contributed by atoms with van der Waals surface area (Å²) < 4.78 is 18.3. The van der Waals surface area contributed by atoms with E-state index in [2.05, 4.69) is 20.8 Å². The zero-order valence-electron chi connectivity index (χ0n) is 16.1. The van der Waals surface area contributed by atoms with Gasteiger partial charge >= 0.3 is 12.0 Å². The molecule has 0 saturated heterocycles. The fraction of sp³-hybridized carbons (Fsp3) is 0.238. The third-order valence-electron chi connectivity index (χ3n) is 5.08. The van der Waals surface area contributed by atoms with Gasteiger partial charge in [0.1, 0.15) is 11.2 Å². The minimum Gasteiger partial charge on any atom is -0.480 e. The highest BCUT2D eigenvalue weighted by Crippen LogP contribution is 2.47. The maximum atomic E-state index is 13.1. The Kier molecular flexibility index (Phi) is 5.60. The van der Waals surface area contributed by atoms with E-state index in [1.807, 2.05) is 0 Å². The highest BCUT2D eigenvalue weighted by Gasteiger charge is 2.57. The number of nitrogens with one attached hydrogen (secondary N) is 2. The third-order valence-corrected chi connectivity index (χ3v) is 5.33. The normalized spacial score (nSPS) is 15.2. The van der Waals surface area contributed by atoms with Gasteiger partial charge in [-0.1, -0.05) is 28.9 Å². The number of carbonyl (C=O) groups excluding carboxylic acids is 1. The van der Waals surface area contributed by atoms with Crippen LogP contribution in [0.4, 0.5) is 14.9 Å². The van der Waals surface area contributed by atoms with Gasteiger partial charge in [0.05, 0.1) is 6.04 Å². The highest BCUT2D eigenvalue weighted by molar-refractivity contribution is 6.30. The molecule has 10 heteroatoms. The molecule has 0 bridgehead atoms. The molecule has 31 heavy (non-hydrogen) atoms. The summed E-state index contributed by atoms with van der Waals surface area (Å²) in [4.78, 5) is 28.4. The number of aromatic nitrogens is 2. The second kappa shape index (κ2) is 8.35. The topological polar surface area (TPSA) is 117 Å². The first-order valence-corrected chi connectivity index (χ1v) is 9.88. The molecule has 0 radical (unpaired) electrons. The first kappa shape index (κ1) is 20.8. The van der Waals surface area contributed by atoms with Crippen molar-refractivity contribution in [2.75, 3.05) is 5.32 Å². The molecule has 0 aliphatic heterocycles. The first-order valence-electron chi connectivity index (χ1n) is 9.51. The van der Waals surface area contributed by atoms with Crippen molar-refractivity contribution in [1.82, 2.24) is 15.5 Å². The summed E-state index contributed by atoms with van der Waals surface area (Å²) in [5, 5.41) is 19.3. The number of rotatable bonds is 7. The van der Waals surface area contributed by atoms with Crippen LogP contribution in [-0.2, 0) is 16.6 Å². The number of amides is 2. The molecule has 2 aromatic carbocycles. The first-order chi connectivity index (χ1) is 14.9. The molecule has 2 amide bonds. The van der Waals surface area contributed by atoms with E-state index >= 15 is 0 Å². The number of anilines is 1. The lowest BCUT2D eigenvalue weighted by atomic mass is 10.1. The number of carboxylic acid groups (broad SMARTS) is 1. The minimum atomic E-state index is -1.15.